The number of nitrogens with one attached hydrogen (secondary N) is 2. The summed E-state index contributed by atoms with van der Waals surface area (Å²) in [6.45, 7) is 2.12. The van der Waals surface area contributed by atoms with Crippen molar-refractivity contribution >= 4 is 23.2 Å². The van der Waals surface area contributed by atoms with Gasteiger partial charge in [0.25, 0.3) is 0 Å². The lowest BCUT2D eigenvalue weighted by molar-refractivity contribution is -0.116. The molecule has 1 amide bonds. The van der Waals surface area contributed by atoms with E-state index in [9.17, 15) is 4.79 Å². The van der Waals surface area contributed by atoms with Crippen LogP contribution in [0.5, 0.6) is 11.5 Å². The number of carbonyl (C=O) groups excluding carboxylic acids is 1. The number of hydrogen-bond acceptors (Lipinski definition) is 4. The predicted molar refractivity (Wildman–Crippen MR) is 103 cm³/mol. The van der Waals surface area contributed by atoms with Gasteiger partial charge in [0.1, 0.15) is 12.7 Å². The molecule has 0 spiro atoms. The molecule has 0 bridgehead atoms. The minimum absolute atomic E-state index is 0.0121. The largest absolute Gasteiger partial charge is 0.486 e. The van der Waals surface area contributed by atoms with Crippen molar-refractivity contribution in [1.29, 1.82) is 0 Å². The lowest BCUT2D eigenvalue weighted by atomic mass is 10.2. The number of benzene rings is 2. The van der Waals surface area contributed by atoms with Crippen molar-refractivity contribution in [3.63, 3.8) is 0 Å². The van der Waals surface area contributed by atoms with Crippen LogP contribution in [0.3, 0.4) is 0 Å². The monoisotopic (exact) mass is 374 g/mol. The van der Waals surface area contributed by atoms with Gasteiger partial charge < -0.3 is 20.1 Å². The van der Waals surface area contributed by atoms with Gasteiger partial charge in [0.05, 0.1) is 0 Å². The van der Waals surface area contributed by atoms with E-state index in [1.807, 2.05) is 24.3 Å². The van der Waals surface area contributed by atoms with Crippen LogP contribution in [-0.4, -0.2) is 31.7 Å². The lowest BCUT2D eigenvalue weighted by Gasteiger charge is -2.26. The maximum atomic E-state index is 11.9. The summed E-state index contributed by atoms with van der Waals surface area (Å²) in [5.41, 5.74) is 0.771. The second-order valence-electron chi connectivity index (χ2n) is 6.21. The Labute approximate surface area is 158 Å². The normalized spacial score (nSPS) is 15.5. The Morgan fingerprint density at radius 1 is 1.08 bits per heavy atom. The maximum absolute atomic E-state index is 11.9. The van der Waals surface area contributed by atoms with E-state index < -0.39 is 0 Å². The van der Waals surface area contributed by atoms with Crippen LogP contribution in [0.1, 0.15) is 19.3 Å². The summed E-state index contributed by atoms with van der Waals surface area (Å²) in [6, 6.07) is 14.8. The molecule has 0 aromatic heterocycles. The Hall–Kier alpha value is -2.24. The fraction of sp³-hybridized carbons (Fsp3) is 0.350. The van der Waals surface area contributed by atoms with E-state index in [1.54, 1.807) is 24.3 Å². The predicted octanol–water partition coefficient (Wildman–Crippen LogP) is 3.88. The smallest absolute Gasteiger partial charge is 0.224 e. The Balaban J connectivity index is 1.26. The summed E-state index contributed by atoms with van der Waals surface area (Å²) in [6.07, 6.45) is 2.27. The molecule has 3 rings (SSSR count). The number of ether oxygens (including phenoxy) is 2. The highest BCUT2D eigenvalue weighted by Gasteiger charge is 2.19. The Morgan fingerprint density at radius 2 is 1.85 bits per heavy atom. The molecule has 1 aliphatic rings. The van der Waals surface area contributed by atoms with Crippen LogP contribution in [0.15, 0.2) is 48.5 Å². The molecule has 0 radical (unpaired) electrons. The molecular formula is C20H23ClN2O3. The molecule has 0 aliphatic carbocycles. The highest BCUT2D eigenvalue weighted by Crippen LogP contribution is 2.30. The van der Waals surface area contributed by atoms with Gasteiger partial charge in [-0.05, 0) is 55.8 Å². The van der Waals surface area contributed by atoms with Crippen molar-refractivity contribution in [1.82, 2.24) is 5.32 Å². The van der Waals surface area contributed by atoms with Crippen LogP contribution in [0.4, 0.5) is 5.69 Å². The summed E-state index contributed by atoms with van der Waals surface area (Å²) in [5.74, 6) is 1.62. The molecule has 6 heteroatoms. The first-order chi connectivity index (χ1) is 12.7. The zero-order valence-corrected chi connectivity index (χ0v) is 15.3. The summed E-state index contributed by atoms with van der Waals surface area (Å²) in [7, 11) is 0. The van der Waals surface area contributed by atoms with Crippen LogP contribution in [0, 0.1) is 0 Å². The highest BCUT2D eigenvalue weighted by molar-refractivity contribution is 6.30. The molecule has 1 atom stereocenters. The number of fused-ring (bicyclic) bond motifs is 1. The molecule has 0 saturated carbocycles. The zero-order valence-electron chi connectivity index (χ0n) is 14.5. The highest BCUT2D eigenvalue weighted by atomic mass is 35.5. The number of para-hydroxylation sites is 2. The molecule has 0 unspecified atom stereocenters. The average molecular weight is 375 g/mol. The molecule has 1 aliphatic heterocycles. The van der Waals surface area contributed by atoms with E-state index in [4.69, 9.17) is 21.1 Å². The molecule has 0 saturated heterocycles. The van der Waals surface area contributed by atoms with E-state index in [0.717, 1.165) is 43.1 Å². The van der Waals surface area contributed by atoms with Gasteiger partial charge in [0.2, 0.25) is 5.91 Å². The molecule has 2 aromatic rings. The SMILES string of the molecule is O=C(CCCCNC[C@H]1COc2ccccc2O1)Nc1ccc(Cl)cc1. The number of hydrogen-bond donors (Lipinski definition) is 2. The fourth-order valence-electron chi connectivity index (χ4n) is 2.72. The van der Waals surface area contributed by atoms with E-state index >= 15 is 0 Å². The molecule has 2 aromatic carbocycles. The quantitative estimate of drug-likeness (QED) is 0.688. The van der Waals surface area contributed by atoms with E-state index in [2.05, 4.69) is 10.6 Å². The van der Waals surface area contributed by atoms with Crippen molar-refractivity contribution in [3.05, 3.63) is 53.6 Å². The van der Waals surface area contributed by atoms with Gasteiger partial charge in [0.15, 0.2) is 11.5 Å². The molecule has 138 valence electrons. The topological polar surface area (TPSA) is 59.6 Å². The Kier molecular flexibility index (Phi) is 6.75. The molecular weight excluding hydrogens is 352 g/mol. The second kappa shape index (κ2) is 9.46. The van der Waals surface area contributed by atoms with Gasteiger partial charge >= 0.3 is 0 Å². The summed E-state index contributed by atoms with van der Waals surface area (Å²) in [5, 5.41) is 6.89. The van der Waals surface area contributed by atoms with Crippen LogP contribution < -0.4 is 20.1 Å². The third-order valence-corrected chi connectivity index (χ3v) is 4.33. The van der Waals surface area contributed by atoms with Gasteiger partial charge in [-0.1, -0.05) is 23.7 Å². The van der Waals surface area contributed by atoms with Gasteiger partial charge in [-0.25, -0.2) is 0 Å². The van der Waals surface area contributed by atoms with Crippen molar-refractivity contribution in [3.8, 4) is 11.5 Å². The van der Waals surface area contributed by atoms with E-state index in [1.165, 1.54) is 0 Å². The minimum atomic E-state index is 0.0121. The Bertz CT molecular complexity index is 721. The van der Waals surface area contributed by atoms with Gasteiger partial charge in [-0.2, -0.15) is 0 Å². The third-order valence-electron chi connectivity index (χ3n) is 4.07. The lowest BCUT2D eigenvalue weighted by Crippen LogP contribution is -2.38. The number of halogens is 1. The number of amides is 1. The van der Waals surface area contributed by atoms with Crippen molar-refractivity contribution in [2.45, 2.75) is 25.4 Å². The van der Waals surface area contributed by atoms with E-state index in [-0.39, 0.29) is 12.0 Å². The first kappa shape index (κ1) is 18.5. The standard InChI is InChI=1S/C20H23ClN2O3/c21-15-8-10-16(11-9-15)23-20(24)7-3-4-12-22-13-17-14-25-18-5-1-2-6-19(18)26-17/h1-2,5-6,8-11,17,22H,3-4,7,12-14H2,(H,23,24)/t17-/m0/s1. The van der Waals surface area contributed by atoms with Crippen molar-refractivity contribution < 1.29 is 14.3 Å². The van der Waals surface area contributed by atoms with Crippen LogP contribution in [0.2, 0.25) is 5.02 Å². The number of carbonyl (C=O) groups is 1. The average Bonchev–Trinajstić information content (AvgIpc) is 2.66. The summed E-state index contributed by atoms with van der Waals surface area (Å²) >= 11 is 5.82. The molecule has 5 nitrogen and oxygen atoms in total. The number of anilines is 1. The van der Waals surface area contributed by atoms with Crippen molar-refractivity contribution in [2.24, 2.45) is 0 Å². The van der Waals surface area contributed by atoms with E-state index in [0.29, 0.717) is 18.1 Å². The first-order valence-electron chi connectivity index (χ1n) is 8.85. The summed E-state index contributed by atoms with van der Waals surface area (Å²) < 4.78 is 11.6. The molecule has 26 heavy (non-hydrogen) atoms. The number of unbranched alkanes of at least 4 members (excludes halogenated alkanes) is 1. The number of rotatable bonds is 8. The first-order valence-corrected chi connectivity index (χ1v) is 9.23. The Morgan fingerprint density at radius 3 is 2.65 bits per heavy atom. The summed E-state index contributed by atoms with van der Waals surface area (Å²) in [4.78, 5) is 11.9. The van der Waals surface area contributed by atoms with Gasteiger partial charge in [-0.15, -0.1) is 0 Å². The van der Waals surface area contributed by atoms with Crippen molar-refractivity contribution in [2.75, 3.05) is 25.0 Å². The minimum Gasteiger partial charge on any atom is -0.486 e. The zero-order chi connectivity index (χ0) is 18.2. The van der Waals surface area contributed by atoms with Gasteiger partial charge in [-0.3, -0.25) is 4.79 Å². The third kappa shape index (κ3) is 5.64. The maximum Gasteiger partial charge on any atom is 0.224 e. The van der Waals surface area contributed by atoms with Crippen LogP contribution in [0.25, 0.3) is 0 Å². The molecule has 1 heterocycles. The fourth-order valence-corrected chi connectivity index (χ4v) is 2.84. The second-order valence-corrected chi connectivity index (χ2v) is 6.65. The molecule has 2 N–H and O–H groups in total. The molecule has 0 fully saturated rings. The van der Waals surface area contributed by atoms with Crippen LogP contribution in [-0.2, 0) is 4.79 Å². The van der Waals surface area contributed by atoms with Crippen LogP contribution >= 0.6 is 11.6 Å². The van der Waals surface area contributed by atoms with Gasteiger partial charge in [0, 0.05) is 23.7 Å².